The second-order valence-corrected chi connectivity index (χ2v) is 4.73. The van der Waals surface area contributed by atoms with Gasteiger partial charge in [-0.1, -0.05) is 13.3 Å². The second-order valence-electron chi connectivity index (χ2n) is 4.73. The number of esters is 1. The minimum Gasteiger partial charge on any atom is -0.467 e. The van der Waals surface area contributed by atoms with E-state index in [2.05, 4.69) is 5.32 Å². The Morgan fingerprint density at radius 2 is 2.05 bits per heavy atom. The molecule has 1 atom stereocenters. The third kappa shape index (κ3) is 3.84. The minimum atomic E-state index is -1.06. The third-order valence-electron chi connectivity index (χ3n) is 2.95. The van der Waals surface area contributed by atoms with Crippen molar-refractivity contribution in [1.29, 1.82) is 0 Å². The molecule has 1 amide bonds. The monoisotopic (exact) mass is 283 g/mol. The van der Waals surface area contributed by atoms with Gasteiger partial charge in [-0.05, 0) is 25.5 Å². The van der Waals surface area contributed by atoms with Gasteiger partial charge in [-0.2, -0.15) is 0 Å². The highest BCUT2D eigenvalue weighted by atomic mass is 16.5. The fraction of sp³-hybridized carbons (Fsp3) is 0.571. The average Bonchev–Trinajstić information content (AvgIpc) is 2.87. The Morgan fingerprint density at radius 3 is 2.60 bits per heavy atom. The van der Waals surface area contributed by atoms with Gasteiger partial charge < -0.3 is 19.2 Å². The zero-order valence-corrected chi connectivity index (χ0v) is 12.3. The molecule has 6 nitrogen and oxygen atoms in total. The molecule has 0 saturated heterocycles. The molecular formula is C14H21NO5. The fourth-order valence-corrected chi connectivity index (χ4v) is 1.97. The van der Waals surface area contributed by atoms with Crippen LogP contribution in [0.4, 0.5) is 0 Å². The van der Waals surface area contributed by atoms with Gasteiger partial charge in [-0.3, -0.25) is 4.79 Å². The maximum atomic E-state index is 12.1. The number of hydrogen-bond acceptors (Lipinski definition) is 5. The summed E-state index contributed by atoms with van der Waals surface area (Å²) in [6, 6.07) is 3.21. The van der Waals surface area contributed by atoms with Gasteiger partial charge in [0.05, 0.1) is 7.11 Å². The quantitative estimate of drug-likeness (QED) is 0.773. The van der Waals surface area contributed by atoms with Gasteiger partial charge >= 0.3 is 5.97 Å². The van der Waals surface area contributed by atoms with Gasteiger partial charge in [-0.25, -0.2) is 4.79 Å². The van der Waals surface area contributed by atoms with E-state index in [1.165, 1.54) is 14.2 Å². The van der Waals surface area contributed by atoms with Crippen LogP contribution in [0.1, 0.15) is 43.0 Å². The van der Waals surface area contributed by atoms with Crippen molar-refractivity contribution in [2.75, 3.05) is 14.2 Å². The van der Waals surface area contributed by atoms with E-state index in [4.69, 9.17) is 13.9 Å². The van der Waals surface area contributed by atoms with Gasteiger partial charge in [0, 0.05) is 7.11 Å². The van der Waals surface area contributed by atoms with E-state index in [9.17, 15) is 9.59 Å². The number of hydrogen-bond donors (Lipinski definition) is 1. The average molecular weight is 283 g/mol. The predicted octanol–water partition coefficient (Wildman–Crippen LogP) is 1.89. The van der Waals surface area contributed by atoms with Gasteiger partial charge in [0.15, 0.2) is 5.76 Å². The number of furan rings is 1. The number of amides is 1. The van der Waals surface area contributed by atoms with Crippen molar-refractivity contribution in [3.05, 3.63) is 23.7 Å². The van der Waals surface area contributed by atoms with Gasteiger partial charge in [0.2, 0.25) is 0 Å². The molecule has 0 aromatic carbocycles. The van der Waals surface area contributed by atoms with Crippen molar-refractivity contribution in [3.8, 4) is 0 Å². The lowest BCUT2D eigenvalue weighted by Crippen LogP contribution is -2.52. The number of nitrogens with one attached hydrogen (secondary N) is 1. The van der Waals surface area contributed by atoms with Crippen molar-refractivity contribution < 1.29 is 23.5 Å². The van der Waals surface area contributed by atoms with E-state index in [0.29, 0.717) is 12.2 Å². The molecule has 1 heterocycles. The molecule has 1 aromatic rings. The third-order valence-corrected chi connectivity index (χ3v) is 2.95. The Labute approximate surface area is 118 Å². The molecule has 1 aromatic heterocycles. The van der Waals surface area contributed by atoms with Gasteiger partial charge in [0.25, 0.3) is 5.91 Å². The van der Waals surface area contributed by atoms with Crippen LogP contribution < -0.4 is 5.32 Å². The van der Waals surface area contributed by atoms with Crippen molar-refractivity contribution in [1.82, 2.24) is 5.32 Å². The van der Waals surface area contributed by atoms with Crippen molar-refractivity contribution in [3.63, 3.8) is 0 Å². The summed E-state index contributed by atoms with van der Waals surface area (Å²) in [6.45, 7) is 3.85. The zero-order valence-electron chi connectivity index (χ0n) is 12.3. The largest absolute Gasteiger partial charge is 0.467 e. The molecule has 0 spiro atoms. The SMILES string of the molecule is CCCC(C)(NC(=O)c1ccc(COC)o1)C(=O)OC. The van der Waals surface area contributed by atoms with E-state index in [-0.39, 0.29) is 12.4 Å². The van der Waals surface area contributed by atoms with Crippen LogP contribution in [0.3, 0.4) is 0 Å². The standard InChI is InChI=1S/C14H21NO5/c1-5-8-14(2,13(17)19-4)15-12(16)11-7-6-10(20-11)9-18-3/h6-7H,5,8-9H2,1-4H3,(H,15,16). The van der Waals surface area contributed by atoms with Crippen LogP contribution in [0.15, 0.2) is 16.5 Å². The van der Waals surface area contributed by atoms with Gasteiger partial charge in [0.1, 0.15) is 17.9 Å². The maximum Gasteiger partial charge on any atom is 0.331 e. The lowest BCUT2D eigenvalue weighted by molar-refractivity contribution is -0.147. The number of methoxy groups -OCH3 is 2. The molecule has 1 N–H and O–H groups in total. The number of carbonyl (C=O) groups is 2. The summed E-state index contributed by atoms with van der Waals surface area (Å²) >= 11 is 0. The second kappa shape index (κ2) is 7.09. The summed E-state index contributed by atoms with van der Waals surface area (Å²) in [4.78, 5) is 23.9. The molecule has 0 fully saturated rings. The summed E-state index contributed by atoms with van der Waals surface area (Å²) in [7, 11) is 2.84. The smallest absolute Gasteiger partial charge is 0.331 e. The van der Waals surface area contributed by atoms with Crippen LogP contribution in [0.5, 0.6) is 0 Å². The summed E-state index contributed by atoms with van der Waals surface area (Å²) < 4.78 is 15.0. The summed E-state index contributed by atoms with van der Waals surface area (Å²) in [5, 5.41) is 2.67. The van der Waals surface area contributed by atoms with Crippen LogP contribution >= 0.6 is 0 Å². The molecule has 20 heavy (non-hydrogen) atoms. The molecule has 0 aliphatic carbocycles. The topological polar surface area (TPSA) is 77.8 Å². The molecule has 0 aliphatic rings. The number of carbonyl (C=O) groups excluding carboxylic acids is 2. The molecule has 0 radical (unpaired) electrons. The van der Waals surface area contributed by atoms with E-state index in [1.54, 1.807) is 19.1 Å². The molecule has 0 aliphatic heterocycles. The van der Waals surface area contributed by atoms with Crippen molar-refractivity contribution >= 4 is 11.9 Å². The van der Waals surface area contributed by atoms with E-state index >= 15 is 0 Å². The molecule has 1 unspecified atom stereocenters. The molecule has 1 rings (SSSR count). The first kappa shape index (κ1) is 16.2. The molecule has 6 heteroatoms. The zero-order chi connectivity index (χ0) is 15.2. The molecule has 0 saturated carbocycles. The Hall–Kier alpha value is -1.82. The lowest BCUT2D eigenvalue weighted by atomic mass is 9.96. The minimum absolute atomic E-state index is 0.142. The van der Waals surface area contributed by atoms with Crippen LogP contribution in [0, 0.1) is 0 Å². The van der Waals surface area contributed by atoms with E-state index < -0.39 is 17.4 Å². The van der Waals surface area contributed by atoms with Crippen LogP contribution in [0.2, 0.25) is 0 Å². The Balaban J connectivity index is 2.82. The summed E-state index contributed by atoms with van der Waals surface area (Å²) in [5.41, 5.74) is -1.06. The van der Waals surface area contributed by atoms with Crippen molar-refractivity contribution in [2.24, 2.45) is 0 Å². The summed E-state index contributed by atoms with van der Waals surface area (Å²) in [6.07, 6.45) is 1.22. The number of ether oxygens (including phenoxy) is 2. The first-order chi connectivity index (χ1) is 9.46. The predicted molar refractivity (Wildman–Crippen MR) is 72.2 cm³/mol. The van der Waals surface area contributed by atoms with E-state index in [1.807, 2.05) is 6.92 Å². The van der Waals surface area contributed by atoms with Crippen molar-refractivity contribution in [2.45, 2.75) is 38.8 Å². The highest BCUT2D eigenvalue weighted by Crippen LogP contribution is 2.16. The molecular weight excluding hydrogens is 262 g/mol. The molecule has 112 valence electrons. The highest BCUT2D eigenvalue weighted by Gasteiger charge is 2.36. The Morgan fingerprint density at radius 1 is 1.35 bits per heavy atom. The van der Waals surface area contributed by atoms with Crippen LogP contribution in [0.25, 0.3) is 0 Å². The first-order valence-electron chi connectivity index (χ1n) is 6.45. The normalized spacial score (nSPS) is 13.6. The fourth-order valence-electron chi connectivity index (χ4n) is 1.97. The molecule has 0 bridgehead atoms. The first-order valence-corrected chi connectivity index (χ1v) is 6.45. The summed E-state index contributed by atoms with van der Waals surface area (Å²) in [5.74, 6) is -0.235. The van der Waals surface area contributed by atoms with Gasteiger partial charge in [-0.15, -0.1) is 0 Å². The Kier molecular flexibility index (Phi) is 5.76. The van der Waals surface area contributed by atoms with Crippen LogP contribution in [-0.4, -0.2) is 31.6 Å². The maximum absolute atomic E-state index is 12.1. The Bertz CT molecular complexity index is 468. The van der Waals surface area contributed by atoms with Crippen LogP contribution in [-0.2, 0) is 20.9 Å². The lowest BCUT2D eigenvalue weighted by Gasteiger charge is -2.26. The van der Waals surface area contributed by atoms with E-state index in [0.717, 1.165) is 6.42 Å². The highest BCUT2D eigenvalue weighted by molar-refractivity contribution is 5.96. The number of rotatable bonds is 7.